The molecule has 0 radical (unpaired) electrons. The van der Waals surface area contributed by atoms with Crippen molar-refractivity contribution in [1.29, 1.82) is 0 Å². The Morgan fingerprint density at radius 2 is 2.05 bits per heavy atom. The third-order valence-corrected chi connectivity index (χ3v) is 4.62. The van der Waals surface area contributed by atoms with Crippen LogP contribution >= 0.6 is 0 Å². The lowest BCUT2D eigenvalue weighted by atomic mass is 10.1. The Labute approximate surface area is 114 Å². The number of sulfonamides is 1. The molecule has 0 aromatic heterocycles. The van der Waals surface area contributed by atoms with E-state index in [1.165, 1.54) is 5.56 Å². The highest BCUT2D eigenvalue weighted by molar-refractivity contribution is 7.89. The van der Waals surface area contributed by atoms with E-state index < -0.39 is 10.0 Å². The zero-order valence-electron chi connectivity index (χ0n) is 10.8. The van der Waals surface area contributed by atoms with Crippen LogP contribution in [0.4, 0.5) is 0 Å². The number of terminal acetylenes is 1. The van der Waals surface area contributed by atoms with Gasteiger partial charge in [-0.25, -0.2) is 13.1 Å². The first-order chi connectivity index (χ1) is 9.13. The molecule has 1 aromatic carbocycles. The summed E-state index contributed by atoms with van der Waals surface area (Å²) in [5.74, 6) is 2.54. The second-order valence-corrected chi connectivity index (χ2v) is 6.36. The molecular weight excluding hydrogens is 260 g/mol. The van der Waals surface area contributed by atoms with Gasteiger partial charge in [0.1, 0.15) is 0 Å². The molecule has 0 atom stereocenters. The van der Waals surface area contributed by atoms with Crippen LogP contribution in [0.25, 0.3) is 0 Å². The van der Waals surface area contributed by atoms with E-state index in [4.69, 9.17) is 6.42 Å². The average Bonchev–Trinajstić information content (AvgIpc) is 2.85. The van der Waals surface area contributed by atoms with Crippen molar-refractivity contribution < 1.29 is 8.42 Å². The third kappa shape index (κ3) is 3.57. The van der Waals surface area contributed by atoms with Gasteiger partial charge >= 0.3 is 0 Å². The standard InChI is InChI=1S/C14H18N2O2S/c1-2-3-4-5-8-16-19(17,18)14-7-6-12-10-15-11-13(12)9-14/h1,6-7,9,15-16H,3-5,8,10-11H2. The van der Waals surface area contributed by atoms with Gasteiger partial charge in [-0.05, 0) is 36.1 Å². The number of nitrogens with one attached hydrogen (secondary N) is 2. The molecule has 102 valence electrons. The summed E-state index contributed by atoms with van der Waals surface area (Å²) in [5, 5.41) is 3.20. The fourth-order valence-electron chi connectivity index (χ4n) is 2.08. The van der Waals surface area contributed by atoms with Crippen LogP contribution in [0.1, 0.15) is 30.4 Å². The molecule has 2 rings (SSSR count). The maximum atomic E-state index is 12.1. The van der Waals surface area contributed by atoms with Gasteiger partial charge in [0.25, 0.3) is 0 Å². The number of hydrogen-bond acceptors (Lipinski definition) is 3. The van der Waals surface area contributed by atoms with E-state index in [0.717, 1.165) is 31.5 Å². The Kier molecular flexibility index (Phi) is 4.59. The molecule has 1 aromatic rings. The van der Waals surface area contributed by atoms with Crippen LogP contribution in [0.15, 0.2) is 23.1 Å². The number of unbranched alkanes of at least 4 members (excludes halogenated alkanes) is 2. The van der Waals surface area contributed by atoms with Crippen LogP contribution in [0.5, 0.6) is 0 Å². The molecule has 2 N–H and O–H groups in total. The first-order valence-electron chi connectivity index (χ1n) is 6.39. The Balaban J connectivity index is 1.98. The van der Waals surface area contributed by atoms with Gasteiger partial charge < -0.3 is 5.32 Å². The van der Waals surface area contributed by atoms with E-state index in [-0.39, 0.29) is 0 Å². The summed E-state index contributed by atoms with van der Waals surface area (Å²) in [7, 11) is -3.40. The normalized spacial score (nSPS) is 14.1. The predicted octanol–water partition coefficient (Wildman–Crippen LogP) is 1.37. The molecule has 0 fully saturated rings. The summed E-state index contributed by atoms with van der Waals surface area (Å²) in [4.78, 5) is 0.340. The van der Waals surface area contributed by atoms with Gasteiger partial charge in [0.15, 0.2) is 0 Å². The average molecular weight is 278 g/mol. The summed E-state index contributed by atoms with van der Waals surface area (Å²) in [6.07, 6.45) is 7.43. The molecule has 1 aliphatic rings. The van der Waals surface area contributed by atoms with Crippen molar-refractivity contribution in [3.8, 4) is 12.3 Å². The second kappa shape index (κ2) is 6.20. The molecule has 19 heavy (non-hydrogen) atoms. The summed E-state index contributed by atoms with van der Waals surface area (Å²) in [5.41, 5.74) is 2.24. The van der Waals surface area contributed by atoms with E-state index >= 15 is 0 Å². The van der Waals surface area contributed by atoms with Crippen LogP contribution in [-0.2, 0) is 23.1 Å². The molecule has 0 spiro atoms. The van der Waals surface area contributed by atoms with Gasteiger partial charge in [-0.3, -0.25) is 0 Å². The molecule has 0 aliphatic carbocycles. The van der Waals surface area contributed by atoms with E-state index in [0.29, 0.717) is 17.9 Å². The van der Waals surface area contributed by atoms with Gasteiger partial charge in [-0.15, -0.1) is 12.3 Å². The molecule has 0 bridgehead atoms. The molecule has 1 aliphatic heterocycles. The van der Waals surface area contributed by atoms with Crippen molar-refractivity contribution in [2.24, 2.45) is 0 Å². The first kappa shape index (κ1) is 14.1. The number of rotatable bonds is 6. The summed E-state index contributed by atoms with van der Waals surface area (Å²) < 4.78 is 26.8. The molecule has 0 saturated carbocycles. The monoisotopic (exact) mass is 278 g/mol. The van der Waals surface area contributed by atoms with E-state index in [1.54, 1.807) is 12.1 Å². The Morgan fingerprint density at radius 3 is 2.84 bits per heavy atom. The Bertz CT molecular complexity index is 588. The minimum Gasteiger partial charge on any atom is -0.309 e. The SMILES string of the molecule is C#CCCCCNS(=O)(=O)c1ccc2c(c1)CNC2. The van der Waals surface area contributed by atoms with Gasteiger partial charge in [-0.2, -0.15) is 0 Å². The fourth-order valence-corrected chi connectivity index (χ4v) is 3.20. The molecule has 0 saturated heterocycles. The van der Waals surface area contributed by atoms with Gasteiger partial charge in [0.2, 0.25) is 10.0 Å². The van der Waals surface area contributed by atoms with Crippen molar-refractivity contribution in [2.75, 3.05) is 6.54 Å². The highest BCUT2D eigenvalue weighted by Gasteiger charge is 2.17. The van der Waals surface area contributed by atoms with E-state index in [1.807, 2.05) is 6.07 Å². The number of fused-ring (bicyclic) bond motifs is 1. The van der Waals surface area contributed by atoms with Crippen molar-refractivity contribution in [2.45, 2.75) is 37.2 Å². The van der Waals surface area contributed by atoms with Crippen LogP contribution < -0.4 is 10.0 Å². The lowest BCUT2D eigenvalue weighted by Crippen LogP contribution is -2.24. The number of benzene rings is 1. The molecule has 0 unspecified atom stereocenters. The Morgan fingerprint density at radius 1 is 1.26 bits per heavy atom. The lowest BCUT2D eigenvalue weighted by Gasteiger charge is -2.07. The molecule has 0 amide bonds. The van der Waals surface area contributed by atoms with Gasteiger partial charge in [0.05, 0.1) is 4.90 Å². The van der Waals surface area contributed by atoms with Crippen LogP contribution in [0.3, 0.4) is 0 Å². The van der Waals surface area contributed by atoms with Crippen molar-refractivity contribution >= 4 is 10.0 Å². The lowest BCUT2D eigenvalue weighted by molar-refractivity contribution is 0.577. The molecule has 1 heterocycles. The van der Waals surface area contributed by atoms with Crippen LogP contribution in [-0.4, -0.2) is 15.0 Å². The summed E-state index contributed by atoms with van der Waals surface area (Å²) >= 11 is 0. The fraction of sp³-hybridized carbons (Fsp3) is 0.429. The van der Waals surface area contributed by atoms with Gasteiger partial charge in [-0.1, -0.05) is 6.07 Å². The minimum absolute atomic E-state index is 0.340. The first-order valence-corrected chi connectivity index (χ1v) is 7.87. The highest BCUT2D eigenvalue weighted by Crippen LogP contribution is 2.19. The van der Waals surface area contributed by atoms with Gasteiger partial charge in [0, 0.05) is 26.1 Å². The topological polar surface area (TPSA) is 58.2 Å². The highest BCUT2D eigenvalue weighted by atomic mass is 32.2. The Hall–Kier alpha value is -1.35. The zero-order chi connectivity index (χ0) is 13.7. The van der Waals surface area contributed by atoms with E-state index in [2.05, 4.69) is 16.0 Å². The summed E-state index contributed by atoms with van der Waals surface area (Å²) in [6, 6.07) is 5.29. The maximum Gasteiger partial charge on any atom is 0.240 e. The van der Waals surface area contributed by atoms with E-state index in [9.17, 15) is 8.42 Å². The van der Waals surface area contributed by atoms with Crippen LogP contribution in [0.2, 0.25) is 0 Å². The molecule has 5 heteroatoms. The maximum absolute atomic E-state index is 12.1. The number of hydrogen-bond donors (Lipinski definition) is 2. The second-order valence-electron chi connectivity index (χ2n) is 4.59. The van der Waals surface area contributed by atoms with Crippen molar-refractivity contribution in [3.05, 3.63) is 29.3 Å². The van der Waals surface area contributed by atoms with Crippen LogP contribution in [0, 0.1) is 12.3 Å². The molecule has 4 nitrogen and oxygen atoms in total. The largest absolute Gasteiger partial charge is 0.309 e. The molecular formula is C14H18N2O2S. The summed E-state index contributed by atoms with van der Waals surface area (Å²) in [6.45, 7) is 1.98. The van der Waals surface area contributed by atoms with Crippen molar-refractivity contribution in [1.82, 2.24) is 10.0 Å². The zero-order valence-corrected chi connectivity index (χ0v) is 11.6. The predicted molar refractivity (Wildman–Crippen MR) is 74.9 cm³/mol. The minimum atomic E-state index is -3.40. The smallest absolute Gasteiger partial charge is 0.240 e. The quantitative estimate of drug-likeness (QED) is 0.610. The third-order valence-electron chi connectivity index (χ3n) is 3.16. The van der Waals surface area contributed by atoms with Crippen molar-refractivity contribution in [3.63, 3.8) is 0 Å².